The fourth-order valence-corrected chi connectivity index (χ4v) is 3.87. The molecule has 0 radical (unpaired) electrons. The summed E-state index contributed by atoms with van der Waals surface area (Å²) in [5.41, 5.74) is 0.00262. The SMILES string of the molecule is COC(=O)C1(NC(=O)c2ccc(OCC(=O)Nc3cccc(OC)c3)cc2)CCC(C)CC1. The van der Waals surface area contributed by atoms with Crippen LogP contribution >= 0.6 is 0 Å². The normalized spacial score (nSPS) is 19.8. The molecule has 1 saturated carbocycles. The zero-order chi connectivity index (χ0) is 23.8. The van der Waals surface area contributed by atoms with Gasteiger partial charge in [-0.25, -0.2) is 4.79 Å². The zero-order valence-corrected chi connectivity index (χ0v) is 19.2. The van der Waals surface area contributed by atoms with Crippen LogP contribution < -0.4 is 20.1 Å². The summed E-state index contributed by atoms with van der Waals surface area (Å²) in [4.78, 5) is 37.4. The second-order valence-electron chi connectivity index (χ2n) is 8.30. The Bertz CT molecular complexity index is 981. The van der Waals surface area contributed by atoms with Gasteiger partial charge >= 0.3 is 5.97 Å². The number of benzene rings is 2. The maximum absolute atomic E-state index is 12.8. The summed E-state index contributed by atoms with van der Waals surface area (Å²) in [6.07, 6.45) is 2.80. The lowest BCUT2D eigenvalue weighted by Gasteiger charge is -2.37. The van der Waals surface area contributed by atoms with Gasteiger partial charge in [0.1, 0.15) is 17.0 Å². The Labute approximate surface area is 193 Å². The number of esters is 1. The third-order valence-corrected chi connectivity index (χ3v) is 5.90. The van der Waals surface area contributed by atoms with Gasteiger partial charge < -0.3 is 24.8 Å². The summed E-state index contributed by atoms with van der Waals surface area (Å²) >= 11 is 0. The molecule has 1 aliphatic carbocycles. The molecular weight excluding hydrogens is 424 g/mol. The van der Waals surface area contributed by atoms with Crippen molar-refractivity contribution in [2.75, 3.05) is 26.1 Å². The number of methoxy groups -OCH3 is 2. The van der Waals surface area contributed by atoms with Crippen molar-refractivity contribution >= 4 is 23.5 Å². The molecule has 0 aromatic heterocycles. The number of carbonyl (C=O) groups is 3. The molecule has 8 heteroatoms. The summed E-state index contributed by atoms with van der Waals surface area (Å²) in [6, 6.07) is 13.4. The minimum atomic E-state index is -0.994. The Kier molecular flexibility index (Phi) is 7.92. The highest BCUT2D eigenvalue weighted by Crippen LogP contribution is 2.33. The molecule has 0 spiro atoms. The van der Waals surface area contributed by atoms with Crippen molar-refractivity contribution in [3.8, 4) is 11.5 Å². The molecule has 0 bridgehead atoms. The molecule has 176 valence electrons. The van der Waals surface area contributed by atoms with E-state index in [0.717, 1.165) is 12.8 Å². The summed E-state index contributed by atoms with van der Waals surface area (Å²) in [5.74, 6) is 0.511. The molecule has 3 rings (SSSR count). The first-order valence-corrected chi connectivity index (χ1v) is 10.9. The fourth-order valence-electron chi connectivity index (χ4n) is 3.87. The van der Waals surface area contributed by atoms with Crippen LogP contribution in [0.1, 0.15) is 43.0 Å². The zero-order valence-electron chi connectivity index (χ0n) is 19.2. The van der Waals surface area contributed by atoms with Gasteiger partial charge in [-0.05, 0) is 68.0 Å². The van der Waals surface area contributed by atoms with E-state index in [0.29, 0.717) is 41.5 Å². The lowest BCUT2D eigenvalue weighted by molar-refractivity contribution is -0.150. The molecule has 0 saturated heterocycles. The van der Waals surface area contributed by atoms with E-state index >= 15 is 0 Å². The summed E-state index contributed by atoms with van der Waals surface area (Å²) < 4.78 is 15.6. The molecule has 0 heterocycles. The first-order chi connectivity index (χ1) is 15.8. The van der Waals surface area contributed by atoms with E-state index in [9.17, 15) is 14.4 Å². The van der Waals surface area contributed by atoms with E-state index in [1.165, 1.54) is 7.11 Å². The molecule has 2 N–H and O–H groups in total. The Morgan fingerprint density at radius 2 is 1.70 bits per heavy atom. The smallest absolute Gasteiger partial charge is 0.331 e. The Morgan fingerprint density at radius 1 is 1.00 bits per heavy atom. The second kappa shape index (κ2) is 10.8. The third kappa shape index (κ3) is 6.25. The van der Waals surface area contributed by atoms with Gasteiger partial charge in [-0.15, -0.1) is 0 Å². The second-order valence-corrected chi connectivity index (χ2v) is 8.30. The van der Waals surface area contributed by atoms with E-state index in [2.05, 4.69) is 17.6 Å². The van der Waals surface area contributed by atoms with Crippen molar-refractivity contribution in [1.82, 2.24) is 5.32 Å². The maximum Gasteiger partial charge on any atom is 0.331 e. The molecule has 33 heavy (non-hydrogen) atoms. The van der Waals surface area contributed by atoms with Gasteiger partial charge in [-0.3, -0.25) is 9.59 Å². The van der Waals surface area contributed by atoms with Gasteiger partial charge in [0, 0.05) is 17.3 Å². The maximum atomic E-state index is 12.8. The highest BCUT2D eigenvalue weighted by molar-refractivity contribution is 5.98. The van der Waals surface area contributed by atoms with Crippen LogP contribution in [0.4, 0.5) is 5.69 Å². The highest BCUT2D eigenvalue weighted by atomic mass is 16.5. The molecule has 0 unspecified atom stereocenters. The molecule has 1 fully saturated rings. The Morgan fingerprint density at radius 3 is 2.33 bits per heavy atom. The number of hydrogen-bond donors (Lipinski definition) is 2. The average molecular weight is 455 g/mol. The first-order valence-electron chi connectivity index (χ1n) is 10.9. The fraction of sp³-hybridized carbons (Fsp3) is 0.400. The standard InChI is InChI=1S/C25H30N2O6/c1-17-11-13-25(14-12-17,24(30)32-3)27-23(29)18-7-9-20(10-8-18)33-16-22(28)26-19-5-4-6-21(15-19)31-2/h4-10,15,17H,11-14,16H2,1-3H3,(H,26,28)(H,27,29). The predicted molar refractivity (Wildman–Crippen MR) is 123 cm³/mol. The van der Waals surface area contributed by atoms with Crippen LogP contribution in [0.25, 0.3) is 0 Å². The number of hydrogen-bond acceptors (Lipinski definition) is 6. The highest BCUT2D eigenvalue weighted by Gasteiger charge is 2.43. The van der Waals surface area contributed by atoms with Gasteiger partial charge in [0.25, 0.3) is 11.8 Å². The van der Waals surface area contributed by atoms with Crippen LogP contribution in [0.15, 0.2) is 48.5 Å². The van der Waals surface area contributed by atoms with Crippen LogP contribution in [-0.2, 0) is 14.3 Å². The predicted octanol–water partition coefficient (Wildman–Crippen LogP) is 3.56. The lowest BCUT2D eigenvalue weighted by atomic mass is 9.77. The monoisotopic (exact) mass is 454 g/mol. The quantitative estimate of drug-likeness (QED) is 0.591. The van der Waals surface area contributed by atoms with Crippen molar-refractivity contribution in [3.05, 3.63) is 54.1 Å². The van der Waals surface area contributed by atoms with E-state index < -0.39 is 11.5 Å². The van der Waals surface area contributed by atoms with Crippen molar-refractivity contribution in [1.29, 1.82) is 0 Å². The largest absolute Gasteiger partial charge is 0.497 e. The minimum absolute atomic E-state index is 0.188. The molecule has 8 nitrogen and oxygen atoms in total. The Hall–Kier alpha value is -3.55. The van der Waals surface area contributed by atoms with Crippen LogP contribution in [0.2, 0.25) is 0 Å². The van der Waals surface area contributed by atoms with E-state index in [1.54, 1.807) is 55.6 Å². The van der Waals surface area contributed by atoms with E-state index in [1.807, 2.05) is 0 Å². The van der Waals surface area contributed by atoms with Crippen molar-refractivity contribution in [2.45, 2.75) is 38.1 Å². The number of rotatable bonds is 8. The van der Waals surface area contributed by atoms with Gasteiger partial charge in [0.15, 0.2) is 6.61 Å². The van der Waals surface area contributed by atoms with Crippen molar-refractivity contribution < 1.29 is 28.6 Å². The van der Waals surface area contributed by atoms with Crippen molar-refractivity contribution in [3.63, 3.8) is 0 Å². The number of carbonyl (C=O) groups excluding carboxylic acids is 3. The molecular formula is C25H30N2O6. The molecule has 2 amide bonds. The number of anilines is 1. The number of ether oxygens (including phenoxy) is 3. The molecule has 0 atom stereocenters. The topological polar surface area (TPSA) is 103 Å². The molecule has 0 aliphatic heterocycles. The van der Waals surface area contributed by atoms with Crippen LogP contribution in [-0.4, -0.2) is 44.1 Å². The van der Waals surface area contributed by atoms with Gasteiger partial charge in [-0.2, -0.15) is 0 Å². The lowest BCUT2D eigenvalue weighted by Crippen LogP contribution is -2.56. The number of amides is 2. The summed E-state index contributed by atoms with van der Waals surface area (Å²) in [7, 11) is 2.89. The first kappa shape index (κ1) is 24.1. The van der Waals surface area contributed by atoms with Gasteiger partial charge in [-0.1, -0.05) is 13.0 Å². The summed E-state index contributed by atoms with van der Waals surface area (Å²) in [6.45, 7) is 1.95. The number of nitrogens with one attached hydrogen (secondary N) is 2. The molecule has 2 aromatic carbocycles. The Balaban J connectivity index is 1.56. The minimum Gasteiger partial charge on any atom is -0.497 e. The molecule has 1 aliphatic rings. The summed E-state index contributed by atoms with van der Waals surface area (Å²) in [5, 5.41) is 5.63. The molecule has 2 aromatic rings. The van der Waals surface area contributed by atoms with E-state index in [4.69, 9.17) is 14.2 Å². The van der Waals surface area contributed by atoms with E-state index in [-0.39, 0.29) is 18.4 Å². The van der Waals surface area contributed by atoms with Crippen LogP contribution in [0.3, 0.4) is 0 Å². The average Bonchev–Trinajstić information content (AvgIpc) is 2.84. The van der Waals surface area contributed by atoms with Crippen molar-refractivity contribution in [2.24, 2.45) is 5.92 Å². The van der Waals surface area contributed by atoms with Crippen LogP contribution in [0, 0.1) is 5.92 Å². The van der Waals surface area contributed by atoms with Gasteiger partial charge in [0.05, 0.1) is 14.2 Å². The van der Waals surface area contributed by atoms with Crippen LogP contribution in [0.5, 0.6) is 11.5 Å². The van der Waals surface area contributed by atoms with Gasteiger partial charge in [0.2, 0.25) is 0 Å². The third-order valence-electron chi connectivity index (χ3n) is 5.90.